The molecule has 0 saturated carbocycles. The minimum absolute atomic E-state index is 0.319. The Balaban J connectivity index is 2.61. The van der Waals surface area contributed by atoms with Gasteiger partial charge in [-0.1, -0.05) is 0 Å². The average molecular weight is 204 g/mol. The van der Waals surface area contributed by atoms with E-state index in [0.717, 1.165) is 17.0 Å². The largest absolute Gasteiger partial charge is 0.352 e. The van der Waals surface area contributed by atoms with E-state index in [9.17, 15) is 8.78 Å². The Morgan fingerprint density at radius 3 is 2.87 bits per heavy atom. The summed E-state index contributed by atoms with van der Waals surface area (Å²) in [4.78, 5) is 6.82. The van der Waals surface area contributed by atoms with E-state index in [1.54, 1.807) is 18.5 Å². The summed E-state index contributed by atoms with van der Waals surface area (Å²) in [6.45, 7) is 0. The zero-order chi connectivity index (χ0) is 10.4. The summed E-state index contributed by atoms with van der Waals surface area (Å²) in [5.74, 6) is -1.16. The number of H-pyrrole nitrogens is 1. The van der Waals surface area contributed by atoms with E-state index in [0.29, 0.717) is 10.9 Å². The molecule has 4 heteroatoms. The van der Waals surface area contributed by atoms with Crippen LogP contribution in [0.4, 0.5) is 8.78 Å². The van der Waals surface area contributed by atoms with Crippen LogP contribution in [0.5, 0.6) is 0 Å². The van der Waals surface area contributed by atoms with Crippen LogP contribution in [0.1, 0.15) is 0 Å². The predicted molar refractivity (Wildman–Crippen MR) is 53.5 cm³/mol. The molecule has 2 nitrogen and oxygen atoms in total. The fourth-order valence-electron chi connectivity index (χ4n) is 1.77. The lowest BCUT2D eigenvalue weighted by molar-refractivity contribution is 0.591. The van der Waals surface area contributed by atoms with Gasteiger partial charge in [0, 0.05) is 34.7 Å². The van der Waals surface area contributed by atoms with Crippen LogP contribution in [0.25, 0.3) is 21.8 Å². The fourth-order valence-corrected chi connectivity index (χ4v) is 1.77. The highest BCUT2D eigenvalue weighted by Crippen LogP contribution is 2.26. The SMILES string of the molecule is Fc1cc(F)c2[nH]c3ccncc3c2c1. The molecule has 0 amide bonds. The third-order valence-electron chi connectivity index (χ3n) is 2.43. The Morgan fingerprint density at radius 2 is 2.00 bits per heavy atom. The van der Waals surface area contributed by atoms with E-state index >= 15 is 0 Å². The molecule has 0 aliphatic rings. The predicted octanol–water partition coefficient (Wildman–Crippen LogP) is 2.99. The molecule has 0 fully saturated rings. The van der Waals surface area contributed by atoms with Gasteiger partial charge in [0.05, 0.1) is 5.52 Å². The maximum atomic E-state index is 13.4. The minimum Gasteiger partial charge on any atom is -0.352 e. The molecule has 0 bridgehead atoms. The first-order valence-electron chi connectivity index (χ1n) is 4.46. The van der Waals surface area contributed by atoms with E-state index in [4.69, 9.17) is 0 Å². The quantitative estimate of drug-likeness (QED) is 0.599. The molecule has 2 aromatic heterocycles. The summed E-state index contributed by atoms with van der Waals surface area (Å²) in [6, 6.07) is 3.90. The average Bonchev–Trinajstić information content (AvgIpc) is 2.57. The van der Waals surface area contributed by atoms with Crippen molar-refractivity contribution in [2.75, 3.05) is 0 Å². The second kappa shape index (κ2) is 2.76. The summed E-state index contributed by atoms with van der Waals surface area (Å²) in [5, 5.41) is 1.25. The Bertz CT molecular complexity index is 658. The number of nitrogens with one attached hydrogen (secondary N) is 1. The van der Waals surface area contributed by atoms with Gasteiger partial charge in [0.15, 0.2) is 0 Å². The fraction of sp³-hybridized carbons (Fsp3) is 0. The smallest absolute Gasteiger partial charge is 0.150 e. The maximum absolute atomic E-state index is 13.4. The van der Waals surface area contributed by atoms with Gasteiger partial charge in [-0.15, -0.1) is 0 Å². The molecule has 3 rings (SSSR count). The lowest BCUT2D eigenvalue weighted by Gasteiger charge is -1.93. The van der Waals surface area contributed by atoms with Gasteiger partial charge < -0.3 is 4.98 Å². The van der Waals surface area contributed by atoms with Crippen molar-refractivity contribution >= 4 is 21.8 Å². The van der Waals surface area contributed by atoms with E-state index in [-0.39, 0.29) is 0 Å². The van der Waals surface area contributed by atoms with Gasteiger partial charge in [0.1, 0.15) is 11.6 Å². The molecular formula is C11H6F2N2. The van der Waals surface area contributed by atoms with Crippen molar-refractivity contribution in [3.05, 3.63) is 42.2 Å². The van der Waals surface area contributed by atoms with Crippen molar-refractivity contribution in [3.8, 4) is 0 Å². The summed E-state index contributed by atoms with van der Waals surface area (Å²) in [6.07, 6.45) is 3.19. The van der Waals surface area contributed by atoms with Crippen LogP contribution >= 0.6 is 0 Å². The zero-order valence-corrected chi connectivity index (χ0v) is 7.59. The van der Waals surface area contributed by atoms with Crippen LogP contribution < -0.4 is 0 Å². The van der Waals surface area contributed by atoms with E-state index in [1.807, 2.05) is 0 Å². The van der Waals surface area contributed by atoms with Crippen molar-refractivity contribution in [3.63, 3.8) is 0 Å². The first-order valence-corrected chi connectivity index (χ1v) is 4.46. The first kappa shape index (κ1) is 8.35. The van der Waals surface area contributed by atoms with Crippen LogP contribution in [-0.2, 0) is 0 Å². The maximum Gasteiger partial charge on any atom is 0.150 e. The number of hydrogen-bond acceptors (Lipinski definition) is 1. The minimum atomic E-state index is -0.582. The molecule has 0 aliphatic carbocycles. The highest BCUT2D eigenvalue weighted by molar-refractivity contribution is 6.06. The second-order valence-electron chi connectivity index (χ2n) is 3.36. The Labute approximate surface area is 83.6 Å². The number of fused-ring (bicyclic) bond motifs is 3. The number of rotatable bonds is 0. The number of aromatic amines is 1. The molecule has 0 saturated heterocycles. The normalized spacial score (nSPS) is 11.3. The topological polar surface area (TPSA) is 28.7 Å². The Hall–Kier alpha value is -1.97. The molecule has 0 radical (unpaired) electrons. The molecular weight excluding hydrogens is 198 g/mol. The van der Waals surface area contributed by atoms with Crippen LogP contribution in [0.3, 0.4) is 0 Å². The van der Waals surface area contributed by atoms with Gasteiger partial charge in [-0.05, 0) is 12.1 Å². The van der Waals surface area contributed by atoms with Gasteiger partial charge in [-0.25, -0.2) is 8.78 Å². The highest BCUT2D eigenvalue weighted by atomic mass is 19.1. The highest BCUT2D eigenvalue weighted by Gasteiger charge is 2.09. The number of pyridine rings is 1. The molecule has 0 unspecified atom stereocenters. The molecule has 0 aliphatic heterocycles. The summed E-state index contributed by atoms with van der Waals surface area (Å²) < 4.78 is 26.4. The van der Waals surface area contributed by atoms with Crippen molar-refractivity contribution in [2.45, 2.75) is 0 Å². The van der Waals surface area contributed by atoms with Crippen LogP contribution in [0.15, 0.2) is 30.6 Å². The van der Waals surface area contributed by atoms with Gasteiger partial charge in [-0.3, -0.25) is 4.98 Å². The van der Waals surface area contributed by atoms with Crippen molar-refractivity contribution in [1.29, 1.82) is 0 Å². The first-order chi connectivity index (χ1) is 7.25. The molecule has 0 spiro atoms. The number of nitrogens with zero attached hydrogens (tertiary/aromatic N) is 1. The summed E-state index contributed by atoms with van der Waals surface area (Å²) >= 11 is 0. The van der Waals surface area contributed by atoms with Crippen LogP contribution in [0.2, 0.25) is 0 Å². The molecule has 3 aromatic rings. The van der Waals surface area contributed by atoms with Crippen molar-refractivity contribution in [1.82, 2.24) is 9.97 Å². The lowest BCUT2D eigenvalue weighted by atomic mass is 10.2. The van der Waals surface area contributed by atoms with E-state index < -0.39 is 11.6 Å². The number of halogens is 2. The van der Waals surface area contributed by atoms with E-state index in [2.05, 4.69) is 9.97 Å². The lowest BCUT2D eigenvalue weighted by Crippen LogP contribution is -1.80. The summed E-state index contributed by atoms with van der Waals surface area (Å²) in [7, 11) is 0. The van der Waals surface area contributed by atoms with Crippen LogP contribution in [0, 0.1) is 11.6 Å². The van der Waals surface area contributed by atoms with Crippen molar-refractivity contribution < 1.29 is 8.78 Å². The monoisotopic (exact) mass is 204 g/mol. The van der Waals surface area contributed by atoms with Gasteiger partial charge in [-0.2, -0.15) is 0 Å². The molecule has 2 heterocycles. The Morgan fingerprint density at radius 1 is 1.13 bits per heavy atom. The number of hydrogen-bond donors (Lipinski definition) is 1. The third-order valence-corrected chi connectivity index (χ3v) is 2.43. The molecule has 1 N–H and O–H groups in total. The number of aromatic nitrogens is 2. The summed E-state index contributed by atoms with van der Waals surface area (Å²) in [5.41, 5.74) is 1.07. The molecule has 74 valence electrons. The third kappa shape index (κ3) is 1.11. The molecule has 0 atom stereocenters. The van der Waals surface area contributed by atoms with Gasteiger partial charge in [0.2, 0.25) is 0 Å². The second-order valence-corrected chi connectivity index (χ2v) is 3.36. The Kier molecular flexibility index (Phi) is 1.54. The van der Waals surface area contributed by atoms with Gasteiger partial charge >= 0.3 is 0 Å². The number of benzene rings is 1. The van der Waals surface area contributed by atoms with E-state index in [1.165, 1.54) is 6.07 Å². The zero-order valence-electron chi connectivity index (χ0n) is 7.59. The van der Waals surface area contributed by atoms with Gasteiger partial charge in [0.25, 0.3) is 0 Å². The standard InChI is InChI=1S/C11H6F2N2/c12-6-3-7-8-5-14-2-1-10(8)15-11(7)9(13)4-6/h1-5,15H. The van der Waals surface area contributed by atoms with Crippen molar-refractivity contribution in [2.24, 2.45) is 0 Å². The van der Waals surface area contributed by atoms with Crippen LogP contribution in [-0.4, -0.2) is 9.97 Å². The molecule has 15 heavy (non-hydrogen) atoms. The molecule has 1 aromatic carbocycles.